The molecule has 0 aromatic carbocycles. The third-order valence-electron chi connectivity index (χ3n) is 5.14. The first-order chi connectivity index (χ1) is 20.5. The van der Waals surface area contributed by atoms with E-state index in [0.29, 0.717) is 0 Å². The van der Waals surface area contributed by atoms with Crippen molar-refractivity contribution in [1.29, 1.82) is 0 Å². The van der Waals surface area contributed by atoms with Crippen LogP contribution in [0.3, 0.4) is 0 Å². The Morgan fingerprint density at radius 3 is 1.49 bits per heavy atom. The van der Waals surface area contributed by atoms with E-state index >= 15 is 0 Å². The van der Waals surface area contributed by atoms with Crippen molar-refractivity contribution in [3.63, 3.8) is 0 Å². The van der Waals surface area contributed by atoms with Crippen molar-refractivity contribution in [3.05, 3.63) is 9.75 Å². The topological polar surface area (TPSA) is 215 Å². The van der Waals surface area contributed by atoms with Gasteiger partial charge in [-0.25, -0.2) is 9.59 Å². The monoisotopic (exact) mass is 734 g/mol. The number of esters is 2. The van der Waals surface area contributed by atoms with Gasteiger partial charge in [0.05, 0.1) is 26.3 Å². The molecule has 1 aliphatic rings. The van der Waals surface area contributed by atoms with Gasteiger partial charge < -0.3 is 41.0 Å². The van der Waals surface area contributed by atoms with E-state index in [1.807, 2.05) is 0 Å². The molecule has 21 heteroatoms. The van der Waals surface area contributed by atoms with Crippen LogP contribution in [0.25, 0.3) is 0 Å². The predicted octanol–water partition coefficient (Wildman–Crippen LogP) is 0.392. The molecule has 2 rings (SSSR count). The van der Waals surface area contributed by atoms with Crippen LogP contribution in [0.15, 0.2) is 0 Å². The Balaban J connectivity index is 2.20. The number of hydrogen-bond donors (Lipinski definition) is 6. The predicted molar refractivity (Wildman–Crippen MR) is 176 cm³/mol. The maximum Gasteiger partial charge on any atom is 0.329 e. The summed E-state index contributed by atoms with van der Waals surface area (Å²) in [5.74, 6) is -2.86. The molecule has 2 unspecified atom stereocenters. The number of carbonyl (C=O) groups excluding carboxylic acids is 6. The van der Waals surface area contributed by atoms with Crippen molar-refractivity contribution in [1.82, 2.24) is 10.6 Å². The zero-order valence-corrected chi connectivity index (χ0v) is 28.6. The van der Waals surface area contributed by atoms with Crippen molar-refractivity contribution in [2.24, 2.45) is 11.5 Å². The summed E-state index contributed by atoms with van der Waals surface area (Å²) < 4.78 is 20.8. The summed E-state index contributed by atoms with van der Waals surface area (Å²) in [5.41, 5.74) is 11.3. The number of fused-ring (bicyclic) bond motifs is 1. The van der Waals surface area contributed by atoms with Gasteiger partial charge in [-0.1, -0.05) is 21.6 Å². The van der Waals surface area contributed by atoms with Crippen molar-refractivity contribution < 1.29 is 47.7 Å². The van der Waals surface area contributed by atoms with Gasteiger partial charge >= 0.3 is 11.9 Å². The summed E-state index contributed by atoms with van der Waals surface area (Å²) in [5, 5.41) is 4.37. The summed E-state index contributed by atoms with van der Waals surface area (Å²) in [6, 6.07) is -3.90. The number of amides is 2. The van der Waals surface area contributed by atoms with E-state index in [0.717, 1.165) is 68.7 Å². The molecule has 6 N–H and O–H groups in total. The highest BCUT2D eigenvalue weighted by Gasteiger charge is 2.35. The van der Waals surface area contributed by atoms with E-state index < -0.39 is 47.9 Å². The van der Waals surface area contributed by atoms with Crippen LogP contribution < -0.4 is 31.6 Å². The fraction of sp³-hybridized carbons (Fsp3) is 0.545. The van der Waals surface area contributed by atoms with E-state index in [1.165, 1.54) is 0 Å². The molecule has 0 radical (unpaired) electrons. The smallest absolute Gasteiger partial charge is 0.329 e. The maximum atomic E-state index is 13.3. The number of hydrogen-bond acceptors (Lipinski definition) is 19. The lowest BCUT2D eigenvalue weighted by molar-refractivity contribution is -0.143. The number of rotatable bonds is 16. The van der Waals surface area contributed by atoms with E-state index in [4.69, 9.17) is 30.4 Å². The SMILES string of the molecule is COC(=O)C(CSSC(=O)[C@@H](N)CS)NC(=O)c1sc(C(=O)NC(CSSC(=O)[C@@H](N)CS)C(=O)OC)c2c1OCCO2. The lowest BCUT2D eigenvalue weighted by Crippen LogP contribution is -2.43. The van der Waals surface area contributed by atoms with Crippen LogP contribution in [0, 0.1) is 0 Å². The first-order valence-corrected chi connectivity index (χ1v) is 18.8. The van der Waals surface area contributed by atoms with E-state index in [-0.39, 0.29) is 67.7 Å². The average molecular weight is 735 g/mol. The molecule has 0 saturated heterocycles. The second-order valence-corrected chi connectivity index (χ2v) is 14.6. The molecule has 2 amide bonds. The lowest BCUT2D eigenvalue weighted by atomic mass is 10.2. The van der Waals surface area contributed by atoms with Gasteiger partial charge in [-0.15, -0.1) is 11.3 Å². The molecule has 0 spiro atoms. The van der Waals surface area contributed by atoms with E-state index in [9.17, 15) is 28.8 Å². The maximum absolute atomic E-state index is 13.3. The average Bonchev–Trinajstić information content (AvgIpc) is 3.41. The van der Waals surface area contributed by atoms with Gasteiger partial charge in [-0.3, -0.25) is 19.2 Å². The Kier molecular flexibility index (Phi) is 16.8. The van der Waals surface area contributed by atoms with E-state index in [1.54, 1.807) is 0 Å². The highest BCUT2D eigenvalue weighted by Crippen LogP contribution is 2.44. The van der Waals surface area contributed by atoms with Gasteiger partial charge in [0.15, 0.2) is 11.5 Å². The van der Waals surface area contributed by atoms with Gasteiger partial charge in [-0.05, 0) is 21.6 Å². The number of thiophene rings is 1. The minimum Gasteiger partial charge on any atom is -0.484 e. The zero-order chi connectivity index (χ0) is 32.1. The molecule has 0 aliphatic carbocycles. The number of carbonyl (C=O) groups is 6. The molecule has 43 heavy (non-hydrogen) atoms. The summed E-state index contributed by atoms with van der Waals surface area (Å²) in [4.78, 5) is 75.1. The number of methoxy groups -OCH3 is 2. The molecule has 0 saturated carbocycles. The summed E-state index contributed by atoms with van der Waals surface area (Å²) in [7, 11) is 5.92. The van der Waals surface area contributed by atoms with Crippen molar-refractivity contribution in [3.8, 4) is 11.5 Å². The van der Waals surface area contributed by atoms with Crippen molar-refractivity contribution in [2.75, 3.05) is 50.4 Å². The van der Waals surface area contributed by atoms with Crippen LogP contribution in [0.5, 0.6) is 11.5 Å². The molecule has 240 valence electrons. The first-order valence-electron chi connectivity index (χ1n) is 12.1. The third-order valence-corrected chi connectivity index (χ3v) is 11.7. The summed E-state index contributed by atoms with van der Waals surface area (Å²) in [6.45, 7) is 0.180. The van der Waals surface area contributed by atoms with Crippen molar-refractivity contribution in [2.45, 2.75) is 24.2 Å². The lowest BCUT2D eigenvalue weighted by Gasteiger charge is -2.19. The van der Waals surface area contributed by atoms with Crippen LogP contribution in [0.4, 0.5) is 0 Å². The Hall–Kier alpha value is -1.46. The Morgan fingerprint density at radius 1 is 0.791 bits per heavy atom. The minimum absolute atomic E-state index is 0.00892. The molecule has 4 atom stereocenters. The number of thiol groups is 2. The number of nitrogens with one attached hydrogen (secondary N) is 2. The molecule has 1 aliphatic heterocycles. The molecule has 14 nitrogen and oxygen atoms in total. The molecule has 1 aromatic rings. The third kappa shape index (κ3) is 11.1. The van der Waals surface area contributed by atoms with Crippen molar-refractivity contribution >= 4 is 114 Å². The Morgan fingerprint density at radius 2 is 1.16 bits per heavy atom. The number of ether oxygens (including phenoxy) is 4. The van der Waals surface area contributed by atoms with Crippen LogP contribution in [-0.2, 0) is 28.7 Å². The molecule has 0 bridgehead atoms. The highest BCUT2D eigenvalue weighted by molar-refractivity contribution is 8.82. The normalized spacial score (nSPS) is 14.9. The van der Waals surface area contributed by atoms with Gasteiger partial charge in [0.2, 0.25) is 10.2 Å². The second-order valence-electron chi connectivity index (χ2n) is 8.17. The fourth-order valence-corrected chi connectivity index (χ4v) is 8.64. The summed E-state index contributed by atoms with van der Waals surface area (Å²) >= 11 is 8.68. The first kappa shape index (κ1) is 37.7. The largest absolute Gasteiger partial charge is 0.484 e. The van der Waals surface area contributed by atoms with Gasteiger partial charge in [0.1, 0.15) is 35.1 Å². The minimum atomic E-state index is -1.16. The van der Waals surface area contributed by atoms with Crippen LogP contribution in [-0.4, -0.2) is 109 Å². The van der Waals surface area contributed by atoms with Gasteiger partial charge in [-0.2, -0.15) is 25.3 Å². The molecule has 0 fully saturated rings. The quantitative estimate of drug-likeness (QED) is 0.0770. The Bertz CT molecular complexity index is 1100. The van der Waals surface area contributed by atoms with Crippen LogP contribution >= 0.6 is 79.8 Å². The van der Waals surface area contributed by atoms with Gasteiger partial charge in [0, 0.05) is 23.0 Å². The molecular formula is C22H30N4O10S7. The zero-order valence-electron chi connectivity index (χ0n) is 22.7. The molecular weight excluding hydrogens is 705 g/mol. The fourth-order valence-electron chi connectivity index (χ4n) is 2.91. The summed E-state index contributed by atoms with van der Waals surface area (Å²) in [6.07, 6.45) is 0. The van der Waals surface area contributed by atoms with E-state index in [2.05, 4.69) is 35.9 Å². The highest BCUT2D eigenvalue weighted by atomic mass is 33.1. The van der Waals surface area contributed by atoms with Gasteiger partial charge in [0.25, 0.3) is 11.8 Å². The second kappa shape index (κ2) is 19.1. The molecule has 1 aromatic heterocycles. The number of nitrogens with two attached hydrogens (primary N) is 2. The molecule has 2 heterocycles. The standard InChI is InChI=1S/C22H30N4O10S7/c1-33-19(29)11(7-39-42-21(31)9(23)5-37)25-17(27)15-13-14(36-4-3-35-13)16(41-15)18(28)26-12(20(30)34-2)8-40-43-22(32)10(24)6-38/h9-12,37-38H,3-8,23-24H2,1-2H3,(H,25,27)(H,26,28)/t9-,10-,11?,12?/m0/s1. The van der Waals surface area contributed by atoms with Crippen LogP contribution in [0.2, 0.25) is 0 Å². The Labute approximate surface area is 277 Å². The van der Waals surface area contributed by atoms with Crippen LogP contribution in [0.1, 0.15) is 19.3 Å².